The number of hydrogen-bond donors (Lipinski definition) is 1. The molecule has 3 rings (SSSR count). The predicted octanol–water partition coefficient (Wildman–Crippen LogP) is 5.23. The normalized spacial score (nSPS) is 10.6. The molecule has 1 heterocycles. The lowest BCUT2D eigenvalue weighted by molar-refractivity contribution is 0.0701. The van der Waals surface area contributed by atoms with Gasteiger partial charge in [-0.3, -0.25) is 0 Å². The van der Waals surface area contributed by atoms with Crippen LogP contribution in [0.15, 0.2) is 42.5 Å². The second-order valence-corrected chi connectivity index (χ2v) is 6.63. The lowest BCUT2D eigenvalue weighted by atomic mass is 10.1. The van der Waals surface area contributed by atoms with Crippen molar-refractivity contribution < 1.29 is 14.6 Å². The van der Waals surface area contributed by atoms with E-state index in [1.165, 1.54) is 11.3 Å². The quantitative estimate of drug-likeness (QED) is 0.707. The predicted molar refractivity (Wildman–Crippen MR) is 95.2 cm³/mol. The highest BCUT2D eigenvalue weighted by atomic mass is 32.1. The number of carbonyl (C=O) groups is 1. The van der Waals surface area contributed by atoms with Crippen molar-refractivity contribution in [3.8, 4) is 22.1 Å². The molecule has 1 aromatic heterocycles. The number of aromatic carboxylic acids is 1. The van der Waals surface area contributed by atoms with E-state index >= 15 is 0 Å². The van der Waals surface area contributed by atoms with E-state index in [2.05, 4.69) is 11.1 Å². The van der Waals surface area contributed by atoms with Crippen LogP contribution in [-0.2, 0) is 0 Å². The van der Waals surface area contributed by atoms with Crippen LogP contribution < -0.4 is 4.74 Å². The van der Waals surface area contributed by atoms with Gasteiger partial charge in [0.05, 0.1) is 5.69 Å². The highest BCUT2D eigenvalue weighted by Gasteiger charge is 2.15. The molecule has 0 saturated heterocycles. The molecular formula is C19H17NO3S. The number of aryl methyl sites for hydroxylation is 3. The molecule has 0 spiro atoms. The van der Waals surface area contributed by atoms with Gasteiger partial charge in [0.15, 0.2) is 0 Å². The Morgan fingerprint density at radius 1 is 1.08 bits per heavy atom. The Labute approximate surface area is 144 Å². The highest BCUT2D eigenvalue weighted by molar-refractivity contribution is 7.17. The first-order valence-electron chi connectivity index (χ1n) is 7.50. The molecule has 5 heteroatoms. The number of aromatic nitrogens is 1. The number of hydrogen-bond acceptors (Lipinski definition) is 4. The molecule has 0 aliphatic rings. The minimum atomic E-state index is -0.939. The summed E-state index contributed by atoms with van der Waals surface area (Å²) >= 11 is 1.18. The van der Waals surface area contributed by atoms with Crippen molar-refractivity contribution in [2.75, 3.05) is 0 Å². The van der Waals surface area contributed by atoms with Gasteiger partial charge in [-0.1, -0.05) is 12.1 Å². The van der Waals surface area contributed by atoms with E-state index in [9.17, 15) is 4.79 Å². The van der Waals surface area contributed by atoms with Gasteiger partial charge in [-0.15, -0.1) is 11.3 Å². The summed E-state index contributed by atoms with van der Waals surface area (Å²) in [6.07, 6.45) is 0. The Bertz CT molecular complexity index is 897. The third-order valence-corrected chi connectivity index (χ3v) is 4.86. The van der Waals surface area contributed by atoms with Crippen molar-refractivity contribution in [2.24, 2.45) is 0 Å². The van der Waals surface area contributed by atoms with Crippen LogP contribution in [0.3, 0.4) is 0 Å². The molecule has 3 aromatic rings. The topological polar surface area (TPSA) is 59.4 Å². The minimum Gasteiger partial charge on any atom is -0.477 e. The van der Waals surface area contributed by atoms with Gasteiger partial charge in [0, 0.05) is 5.56 Å². The van der Waals surface area contributed by atoms with Crippen molar-refractivity contribution in [3.63, 3.8) is 0 Å². The summed E-state index contributed by atoms with van der Waals surface area (Å²) in [6.45, 7) is 5.75. The molecule has 0 aliphatic heterocycles. The molecule has 0 amide bonds. The zero-order valence-electron chi connectivity index (χ0n) is 13.7. The van der Waals surface area contributed by atoms with Crippen LogP contribution in [0, 0.1) is 20.8 Å². The molecule has 2 aromatic carbocycles. The third kappa shape index (κ3) is 3.31. The molecule has 0 aliphatic carbocycles. The third-order valence-electron chi connectivity index (χ3n) is 3.66. The average molecular weight is 339 g/mol. The van der Waals surface area contributed by atoms with E-state index in [-0.39, 0.29) is 4.88 Å². The van der Waals surface area contributed by atoms with Gasteiger partial charge >= 0.3 is 5.97 Å². The number of ether oxygens (including phenoxy) is 1. The minimum absolute atomic E-state index is 0.278. The van der Waals surface area contributed by atoms with Crippen LogP contribution >= 0.6 is 11.3 Å². The molecule has 0 fully saturated rings. The van der Waals surface area contributed by atoms with Crippen molar-refractivity contribution in [1.82, 2.24) is 4.98 Å². The summed E-state index contributed by atoms with van der Waals surface area (Å²) in [4.78, 5) is 15.8. The molecule has 24 heavy (non-hydrogen) atoms. The summed E-state index contributed by atoms with van der Waals surface area (Å²) < 4.78 is 5.94. The van der Waals surface area contributed by atoms with Crippen LogP contribution in [-0.4, -0.2) is 16.1 Å². The molecule has 4 nitrogen and oxygen atoms in total. The van der Waals surface area contributed by atoms with E-state index in [1.807, 2.05) is 50.2 Å². The Morgan fingerprint density at radius 3 is 2.42 bits per heavy atom. The monoisotopic (exact) mass is 339 g/mol. The summed E-state index contributed by atoms with van der Waals surface area (Å²) in [5.74, 6) is 0.631. The summed E-state index contributed by atoms with van der Waals surface area (Å²) in [6, 6.07) is 13.6. The fourth-order valence-electron chi connectivity index (χ4n) is 2.33. The van der Waals surface area contributed by atoms with Crippen LogP contribution in [0.5, 0.6) is 11.5 Å². The Kier molecular flexibility index (Phi) is 4.36. The number of carboxylic acids is 1. The van der Waals surface area contributed by atoms with Crippen molar-refractivity contribution in [3.05, 3.63) is 64.2 Å². The molecule has 1 N–H and O–H groups in total. The number of nitrogens with zero attached hydrogens (tertiary/aromatic N) is 1. The first kappa shape index (κ1) is 16.2. The molecule has 0 radical (unpaired) electrons. The maximum absolute atomic E-state index is 11.1. The second kappa shape index (κ2) is 6.45. The zero-order valence-corrected chi connectivity index (χ0v) is 14.5. The fourth-order valence-corrected chi connectivity index (χ4v) is 3.24. The largest absolute Gasteiger partial charge is 0.477 e. The fraction of sp³-hybridized carbons (Fsp3) is 0.158. The standard InChI is InChI=1S/C19H17NO3S/c1-11-4-5-12(2)16(10-11)23-15-8-6-14(7-9-15)18-20-13(3)17(24-18)19(21)22/h4-10H,1-3H3,(H,21,22). The smallest absolute Gasteiger partial charge is 0.347 e. The Hall–Kier alpha value is -2.66. The zero-order chi connectivity index (χ0) is 17.3. The average Bonchev–Trinajstić information content (AvgIpc) is 2.94. The van der Waals surface area contributed by atoms with Gasteiger partial charge < -0.3 is 9.84 Å². The van der Waals surface area contributed by atoms with Gasteiger partial charge in [-0.2, -0.15) is 0 Å². The van der Waals surface area contributed by atoms with Crippen molar-refractivity contribution in [1.29, 1.82) is 0 Å². The van der Waals surface area contributed by atoms with Crippen LogP contribution in [0.2, 0.25) is 0 Å². The number of thiazole rings is 1. The maximum Gasteiger partial charge on any atom is 0.347 e. The molecule has 122 valence electrons. The lowest BCUT2D eigenvalue weighted by Gasteiger charge is -2.09. The van der Waals surface area contributed by atoms with Gasteiger partial charge in [0.2, 0.25) is 0 Å². The van der Waals surface area contributed by atoms with E-state index < -0.39 is 5.97 Å². The highest BCUT2D eigenvalue weighted by Crippen LogP contribution is 2.31. The van der Waals surface area contributed by atoms with Gasteiger partial charge in [-0.25, -0.2) is 9.78 Å². The molecule has 0 unspecified atom stereocenters. The molecular weight excluding hydrogens is 322 g/mol. The first-order valence-corrected chi connectivity index (χ1v) is 8.32. The van der Waals surface area contributed by atoms with Crippen LogP contribution in [0.1, 0.15) is 26.5 Å². The summed E-state index contributed by atoms with van der Waals surface area (Å²) in [7, 11) is 0. The van der Waals surface area contributed by atoms with E-state index in [1.54, 1.807) is 6.92 Å². The second-order valence-electron chi connectivity index (χ2n) is 5.63. The summed E-state index contributed by atoms with van der Waals surface area (Å²) in [5.41, 5.74) is 3.64. The SMILES string of the molecule is Cc1ccc(C)c(Oc2ccc(-c3nc(C)c(C(=O)O)s3)cc2)c1. The summed E-state index contributed by atoms with van der Waals surface area (Å²) in [5, 5.41) is 9.83. The number of rotatable bonds is 4. The van der Waals surface area contributed by atoms with E-state index in [4.69, 9.17) is 9.84 Å². The maximum atomic E-state index is 11.1. The van der Waals surface area contributed by atoms with Crippen molar-refractivity contribution in [2.45, 2.75) is 20.8 Å². The Balaban J connectivity index is 1.84. The lowest BCUT2D eigenvalue weighted by Crippen LogP contribution is -1.94. The number of carboxylic acid groups (broad SMARTS) is 1. The van der Waals surface area contributed by atoms with E-state index in [0.717, 1.165) is 28.2 Å². The molecule has 0 bridgehead atoms. The number of benzene rings is 2. The van der Waals surface area contributed by atoms with Gasteiger partial charge in [0.25, 0.3) is 0 Å². The van der Waals surface area contributed by atoms with Crippen molar-refractivity contribution >= 4 is 17.3 Å². The molecule has 0 atom stereocenters. The van der Waals surface area contributed by atoms with Crippen LogP contribution in [0.4, 0.5) is 0 Å². The van der Waals surface area contributed by atoms with Gasteiger partial charge in [-0.05, 0) is 62.2 Å². The van der Waals surface area contributed by atoms with E-state index in [0.29, 0.717) is 10.7 Å². The molecule has 0 saturated carbocycles. The first-order chi connectivity index (χ1) is 11.4. The van der Waals surface area contributed by atoms with Crippen LogP contribution in [0.25, 0.3) is 10.6 Å². The Morgan fingerprint density at radius 2 is 1.79 bits per heavy atom. The van der Waals surface area contributed by atoms with Gasteiger partial charge in [0.1, 0.15) is 21.4 Å².